The lowest BCUT2D eigenvalue weighted by Gasteiger charge is -2.14. The molecule has 0 aliphatic carbocycles. The number of carbonyl (C=O) groups excluding carboxylic acids is 1. The smallest absolute Gasteiger partial charge is 0.394 e. The van der Waals surface area contributed by atoms with E-state index in [0.717, 1.165) is 6.07 Å². The summed E-state index contributed by atoms with van der Waals surface area (Å²) in [4.78, 5) is 15.0. The van der Waals surface area contributed by atoms with Crippen molar-refractivity contribution >= 4 is 21.8 Å². The van der Waals surface area contributed by atoms with Gasteiger partial charge in [-0.25, -0.2) is 4.98 Å². The first-order valence-electron chi connectivity index (χ1n) is 5.45. The van der Waals surface area contributed by atoms with Crippen LogP contribution in [0, 0.1) is 0 Å². The van der Waals surface area contributed by atoms with Crippen molar-refractivity contribution in [3.63, 3.8) is 0 Å². The molecule has 19 heavy (non-hydrogen) atoms. The molecule has 1 aromatic heterocycles. The van der Waals surface area contributed by atoms with Crippen LogP contribution in [0.2, 0.25) is 0 Å². The second kappa shape index (κ2) is 6.33. The van der Waals surface area contributed by atoms with Crippen LogP contribution in [0.25, 0.3) is 0 Å². The Morgan fingerprint density at radius 1 is 1.53 bits per heavy atom. The van der Waals surface area contributed by atoms with Crippen LogP contribution >= 0.6 is 15.9 Å². The molecule has 0 aromatic carbocycles. The van der Waals surface area contributed by atoms with Crippen LogP contribution in [0.3, 0.4) is 0 Å². The summed E-state index contributed by atoms with van der Waals surface area (Å²) < 4.78 is 37.6. The van der Waals surface area contributed by atoms with Gasteiger partial charge in [0.1, 0.15) is 5.69 Å². The van der Waals surface area contributed by atoms with E-state index in [2.05, 4.69) is 26.2 Å². The minimum Gasteiger partial charge on any atom is -0.394 e. The number of pyridine rings is 1. The number of alkyl halides is 3. The number of aliphatic hydroxyl groups is 1. The molecule has 2 N–H and O–H groups in total. The molecule has 1 atom stereocenters. The number of rotatable bonds is 4. The molecule has 106 valence electrons. The largest absolute Gasteiger partial charge is 0.434 e. The number of amides is 1. The third-order valence-electron chi connectivity index (χ3n) is 2.40. The number of carbonyl (C=O) groups is 1. The zero-order valence-corrected chi connectivity index (χ0v) is 11.5. The van der Waals surface area contributed by atoms with Crippen molar-refractivity contribution in [1.29, 1.82) is 0 Å². The lowest BCUT2D eigenvalue weighted by Crippen LogP contribution is -2.37. The molecule has 0 spiro atoms. The first kappa shape index (κ1) is 15.9. The summed E-state index contributed by atoms with van der Waals surface area (Å²) >= 11 is 2.74. The summed E-state index contributed by atoms with van der Waals surface area (Å²) in [6, 6.07) is 1.79. The molecule has 0 fully saturated rings. The van der Waals surface area contributed by atoms with E-state index in [9.17, 15) is 18.0 Å². The van der Waals surface area contributed by atoms with E-state index in [1.807, 2.05) is 0 Å². The highest BCUT2D eigenvalue weighted by atomic mass is 79.9. The van der Waals surface area contributed by atoms with Gasteiger partial charge in [0.05, 0.1) is 12.6 Å². The van der Waals surface area contributed by atoms with Crippen molar-refractivity contribution in [1.82, 2.24) is 10.3 Å². The molecular formula is C11H12BrF3N2O2. The highest BCUT2D eigenvalue weighted by molar-refractivity contribution is 9.10. The van der Waals surface area contributed by atoms with Crippen molar-refractivity contribution < 1.29 is 23.1 Å². The molecule has 0 bridgehead atoms. The fourth-order valence-electron chi connectivity index (χ4n) is 1.30. The molecule has 0 aliphatic heterocycles. The number of nitrogens with one attached hydrogen (secondary N) is 1. The molecule has 1 aromatic rings. The van der Waals surface area contributed by atoms with Gasteiger partial charge in [-0.1, -0.05) is 6.92 Å². The Labute approximate surface area is 116 Å². The van der Waals surface area contributed by atoms with Gasteiger partial charge in [0, 0.05) is 4.47 Å². The van der Waals surface area contributed by atoms with Gasteiger partial charge in [-0.2, -0.15) is 13.2 Å². The summed E-state index contributed by atoms with van der Waals surface area (Å²) in [7, 11) is 0. The minimum atomic E-state index is -4.64. The summed E-state index contributed by atoms with van der Waals surface area (Å²) in [6.45, 7) is 1.45. The van der Waals surface area contributed by atoms with Crippen LogP contribution in [0.5, 0.6) is 0 Å². The quantitative estimate of drug-likeness (QED) is 0.884. The maximum absolute atomic E-state index is 12.6. The second-order valence-corrected chi connectivity index (χ2v) is 4.64. The minimum absolute atomic E-state index is 0.231. The third kappa shape index (κ3) is 4.17. The van der Waals surface area contributed by atoms with Crippen molar-refractivity contribution in [2.45, 2.75) is 25.6 Å². The van der Waals surface area contributed by atoms with Gasteiger partial charge in [0.25, 0.3) is 5.91 Å². The van der Waals surface area contributed by atoms with E-state index in [4.69, 9.17) is 5.11 Å². The summed E-state index contributed by atoms with van der Waals surface area (Å²) in [5.74, 6) is -0.751. The van der Waals surface area contributed by atoms with Crippen LogP contribution < -0.4 is 5.32 Å². The molecule has 0 unspecified atom stereocenters. The number of aliphatic hydroxyl groups excluding tert-OH is 1. The number of nitrogens with zero attached hydrogens (tertiary/aromatic N) is 1. The SMILES string of the molecule is CC[C@H](CO)NC(=O)c1ccc(Br)c(C(F)(F)F)n1. The van der Waals surface area contributed by atoms with Gasteiger partial charge in [0.15, 0.2) is 5.69 Å². The third-order valence-corrected chi connectivity index (χ3v) is 3.04. The predicted molar refractivity (Wildman–Crippen MR) is 65.6 cm³/mol. The van der Waals surface area contributed by atoms with Crippen molar-refractivity contribution in [3.8, 4) is 0 Å². The molecule has 0 radical (unpaired) electrons. The van der Waals surface area contributed by atoms with Crippen LogP contribution in [-0.4, -0.2) is 28.6 Å². The maximum Gasteiger partial charge on any atom is 0.434 e. The van der Waals surface area contributed by atoms with Crippen molar-refractivity contribution in [2.75, 3.05) is 6.61 Å². The van der Waals surface area contributed by atoms with Crippen LogP contribution in [-0.2, 0) is 6.18 Å². The summed E-state index contributed by atoms with van der Waals surface area (Å²) in [5, 5.41) is 11.3. The fourth-order valence-corrected chi connectivity index (χ4v) is 1.75. The van der Waals surface area contributed by atoms with E-state index >= 15 is 0 Å². The van der Waals surface area contributed by atoms with Gasteiger partial charge >= 0.3 is 6.18 Å². The van der Waals surface area contributed by atoms with E-state index in [0.29, 0.717) is 6.42 Å². The molecule has 1 heterocycles. The Morgan fingerprint density at radius 2 is 2.16 bits per heavy atom. The number of aromatic nitrogens is 1. The average Bonchev–Trinajstić information content (AvgIpc) is 2.34. The Morgan fingerprint density at radius 3 is 2.63 bits per heavy atom. The zero-order chi connectivity index (χ0) is 14.6. The van der Waals surface area contributed by atoms with E-state index in [1.54, 1.807) is 6.92 Å². The molecule has 4 nitrogen and oxygen atoms in total. The standard InChI is InChI=1S/C11H12BrF3N2O2/c1-2-6(5-18)16-10(19)8-4-3-7(12)9(17-8)11(13,14)15/h3-4,6,18H,2,5H2,1H3,(H,16,19)/t6-/m1/s1. The van der Waals surface area contributed by atoms with Crippen LogP contribution in [0.1, 0.15) is 29.5 Å². The lowest BCUT2D eigenvalue weighted by atomic mass is 10.2. The number of hydrogen-bond acceptors (Lipinski definition) is 3. The van der Waals surface area contributed by atoms with E-state index < -0.39 is 23.8 Å². The van der Waals surface area contributed by atoms with E-state index in [1.165, 1.54) is 6.07 Å². The predicted octanol–water partition coefficient (Wildman–Crippen LogP) is 2.36. The Balaban J connectivity index is 2.99. The molecule has 0 saturated carbocycles. The van der Waals surface area contributed by atoms with Crippen molar-refractivity contribution in [3.05, 3.63) is 28.0 Å². The van der Waals surface area contributed by atoms with Crippen LogP contribution in [0.15, 0.2) is 16.6 Å². The highest BCUT2D eigenvalue weighted by Gasteiger charge is 2.35. The van der Waals surface area contributed by atoms with Gasteiger partial charge in [-0.15, -0.1) is 0 Å². The van der Waals surface area contributed by atoms with E-state index in [-0.39, 0.29) is 16.8 Å². The van der Waals surface area contributed by atoms with Gasteiger partial charge in [0.2, 0.25) is 0 Å². The lowest BCUT2D eigenvalue weighted by molar-refractivity contribution is -0.141. The Hall–Kier alpha value is -1.15. The van der Waals surface area contributed by atoms with Gasteiger partial charge in [-0.05, 0) is 34.5 Å². The van der Waals surface area contributed by atoms with Gasteiger partial charge < -0.3 is 10.4 Å². The molecule has 1 amide bonds. The molecule has 0 saturated heterocycles. The first-order valence-corrected chi connectivity index (χ1v) is 6.24. The Kier molecular flexibility index (Phi) is 5.30. The first-order chi connectivity index (χ1) is 8.79. The summed E-state index contributed by atoms with van der Waals surface area (Å²) in [5.41, 5.74) is -1.50. The zero-order valence-electron chi connectivity index (χ0n) is 9.96. The number of hydrogen-bond donors (Lipinski definition) is 2. The topological polar surface area (TPSA) is 62.2 Å². The Bertz CT molecular complexity index is 462. The molecule has 8 heteroatoms. The second-order valence-electron chi connectivity index (χ2n) is 3.79. The average molecular weight is 341 g/mol. The van der Waals surface area contributed by atoms with Crippen molar-refractivity contribution in [2.24, 2.45) is 0 Å². The maximum atomic E-state index is 12.6. The van der Waals surface area contributed by atoms with Crippen LogP contribution in [0.4, 0.5) is 13.2 Å². The monoisotopic (exact) mass is 340 g/mol. The number of halogens is 4. The van der Waals surface area contributed by atoms with Gasteiger partial charge in [-0.3, -0.25) is 4.79 Å². The molecule has 0 aliphatic rings. The molecular weight excluding hydrogens is 329 g/mol. The molecule has 1 rings (SSSR count). The normalized spacial score (nSPS) is 13.2. The summed E-state index contributed by atoms with van der Waals surface area (Å²) in [6.07, 6.45) is -4.18. The highest BCUT2D eigenvalue weighted by Crippen LogP contribution is 2.33. The fraction of sp³-hybridized carbons (Fsp3) is 0.455.